The smallest absolute Gasteiger partial charge is 0.326 e. The third-order valence-corrected chi connectivity index (χ3v) is 3.58. The van der Waals surface area contributed by atoms with Gasteiger partial charge in [0.15, 0.2) is 11.6 Å². The molecule has 28 heavy (non-hydrogen) atoms. The molecule has 3 unspecified atom stereocenters. The van der Waals surface area contributed by atoms with E-state index in [4.69, 9.17) is 16.8 Å². The number of nitrogens with two attached hydrogens (primary N) is 1. The van der Waals surface area contributed by atoms with Crippen LogP contribution in [0.3, 0.4) is 0 Å². The van der Waals surface area contributed by atoms with E-state index >= 15 is 0 Å². The second-order valence-electron chi connectivity index (χ2n) is 6.00. The van der Waals surface area contributed by atoms with Gasteiger partial charge in [-0.05, 0) is 19.8 Å². The van der Waals surface area contributed by atoms with E-state index in [1.165, 1.54) is 6.92 Å². The van der Waals surface area contributed by atoms with Gasteiger partial charge in [0.2, 0.25) is 11.8 Å². The minimum Gasteiger partial charge on any atom is -0.712 e. The van der Waals surface area contributed by atoms with Gasteiger partial charge < -0.3 is 42.8 Å². The van der Waals surface area contributed by atoms with Crippen molar-refractivity contribution in [2.75, 3.05) is 13.1 Å². The van der Waals surface area contributed by atoms with Gasteiger partial charge in [-0.25, -0.2) is 4.79 Å². The molecule has 0 aromatic heterocycles. The highest BCUT2D eigenvalue weighted by molar-refractivity contribution is 5.92. The number of carboxylic acids is 1. The van der Waals surface area contributed by atoms with Gasteiger partial charge in [-0.15, -0.1) is 0 Å². The molecule has 13 nitrogen and oxygen atoms in total. The molecule has 13 heteroatoms. The number of hydrogen-bond donors (Lipinski definition) is 4. The summed E-state index contributed by atoms with van der Waals surface area (Å²) in [6.45, 7) is 0.398. The molecule has 2 amide bonds. The average Bonchev–Trinajstić information content (AvgIpc) is 2.61. The van der Waals surface area contributed by atoms with Gasteiger partial charge in [0.1, 0.15) is 12.1 Å². The van der Waals surface area contributed by atoms with Crippen LogP contribution in [-0.4, -0.2) is 65.7 Å². The Kier molecular flexibility index (Phi) is 11.7. The molecule has 156 valence electrons. The summed E-state index contributed by atoms with van der Waals surface area (Å²) in [7, 11) is 0. The number of rotatable bonds is 15. The van der Waals surface area contributed by atoms with Crippen LogP contribution in [0.2, 0.25) is 0 Å². The van der Waals surface area contributed by atoms with Crippen LogP contribution in [0.15, 0.2) is 10.2 Å². The Bertz CT molecular complexity index is 622. The van der Waals surface area contributed by atoms with E-state index in [0.717, 1.165) is 0 Å². The summed E-state index contributed by atoms with van der Waals surface area (Å²) in [5.41, 5.74) is 22.1. The van der Waals surface area contributed by atoms with Crippen LogP contribution in [0.4, 0.5) is 0 Å². The van der Waals surface area contributed by atoms with Gasteiger partial charge >= 0.3 is 5.97 Å². The lowest BCUT2D eigenvalue weighted by Crippen LogP contribution is -2.54. The fourth-order valence-electron chi connectivity index (χ4n) is 2.03. The number of amides is 2. The summed E-state index contributed by atoms with van der Waals surface area (Å²) in [6.07, 6.45) is -0.900. The van der Waals surface area contributed by atoms with Crippen molar-refractivity contribution >= 4 is 29.4 Å². The zero-order valence-electron chi connectivity index (χ0n) is 15.3. The lowest BCUT2D eigenvalue weighted by molar-refractivity contribution is -0.142. The van der Waals surface area contributed by atoms with Crippen LogP contribution in [-0.2, 0) is 24.0 Å². The number of Topliss-reactive ketones (excluding diaryl/α,β-unsaturated/α-hetero) is 2. The third-order valence-electron chi connectivity index (χ3n) is 3.58. The van der Waals surface area contributed by atoms with Crippen LogP contribution in [0.5, 0.6) is 0 Å². The van der Waals surface area contributed by atoms with Crippen molar-refractivity contribution in [3.63, 3.8) is 0 Å². The molecule has 0 heterocycles. The molecule has 0 saturated carbocycles. The first-order chi connectivity index (χ1) is 13.1. The molecule has 0 rings (SSSR count). The van der Waals surface area contributed by atoms with E-state index in [0.29, 0.717) is 0 Å². The van der Waals surface area contributed by atoms with Gasteiger partial charge in [-0.2, -0.15) is 0 Å². The molecule has 0 fully saturated rings. The standard InChI is InChI=1S/C15H23N7O6/c1-8(16)13(25)21-11(4-2-9(23)6-19-17)14(26)22-12(15(27)28)5-3-10(24)7-20-18/h8,11-12H,2-7,16H2,1H3,(H,21,25)(H,22,26)(H,27,28)/q-2. The number of ketones is 2. The summed E-state index contributed by atoms with van der Waals surface area (Å²) in [5.74, 6) is -4.00. The SMILES string of the molecule is CC(N)C(=O)NC(CCC(=O)CN=[N-])C(=O)NC(CCC(=O)CN=[N-])C(=O)O. The topological polar surface area (TPSA) is 225 Å². The number of carbonyl (C=O) groups excluding carboxylic acids is 4. The Morgan fingerprint density at radius 1 is 0.893 bits per heavy atom. The van der Waals surface area contributed by atoms with Gasteiger partial charge in [0.05, 0.1) is 19.1 Å². The highest BCUT2D eigenvalue weighted by Gasteiger charge is 2.27. The molecule has 5 N–H and O–H groups in total. The third kappa shape index (κ3) is 10.2. The summed E-state index contributed by atoms with van der Waals surface area (Å²) in [6, 6.07) is -3.65. The number of nitrogens with one attached hydrogen (secondary N) is 2. The number of aliphatic carboxylic acids is 1. The Morgan fingerprint density at radius 2 is 1.32 bits per heavy atom. The molecule has 0 aliphatic heterocycles. The Hall–Kier alpha value is -3.09. The van der Waals surface area contributed by atoms with Crippen LogP contribution in [0, 0.1) is 0 Å². The van der Waals surface area contributed by atoms with E-state index in [2.05, 4.69) is 20.9 Å². The second-order valence-corrected chi connectivity index (χ2v) is 6.00. The lowest BCUT2D eigenvalue weighted by Gasteiger charge is -2.22. The molecular weight excluding hydrogens is 374 g/mol. The predicted molar refractivity (Wildman–Crippen MR) is 94.9 cm³/mol. The Balaban J connectivity index is 5.07. The van der Waals surface area contributed by atoms with Crippen LogP contribution in [0.25, 0.3) is 11.1 Å². The first kappa shape index (κ1) is 24.9. The van der Waals surface area contributed by atoms with Crippen molar-refractivity contribution in [2.24, 2.45) is 16.0 Å². The van der Waals surface area contributed by atoms with E-state index in [-0.39, 0.29) is 25.7 Å². The predicted octanol–water partition coefficient (Wildman–Crippen LogP) is -0.870. The summed E-state index contributed by atoms with van der Waals surface area (Å²) < 4.78 is 0. The van der Waals surface area contributed by atoms with Crippen molar-refractivity contribution < 1.29 is 29.1 Å². The minimum absolute atomic E-state index is 0.173. The molecule has 0 aliphatic carbocycles. The Labute approximate surface area is 160 Å². The first-order valence-electron chi connectivity index (χ1n) is 8.36. The monoisotopic (exact) mass is 397 g/mol. The van der Waals surface area contributed by atoms with E-state index < -0.39 is 60.6 Å². The quantitative estimate of drug-likeness (QED) is 0.255. The van der Waals surface area contributed by atoms with E-state index in [9.17, 15) is 29.1 Å². The highest BCUT2D eigenvalue weighted by atomic mass is 16.4. The number of hydrogen-bond acceptors (Lipinski definition) is 8. The molecule has 0 aliphatic rings. The molecule has 0 radical (unpaired) electrons. The van der Waals surface area contributed by atoms with Gasteiger partial charge in [-0.1, -0.05) is 0 Å². The minimum atomic E-state index is -1.44. The number of carboxylic acid groups (broad SMARTS) is 1. The van der Waals surface area contributed by atoms with Crippen molar-refractivity contribution in [1.82, 2.24) is 10.6 Å². The van der Waals surface area contributed by atoms with Crippen molar-refractivity contribution in [3.05, 3.63) is 11.1 Å². The largest absolute Gasteiger partial charge is 0.712 e. The summed E-state index contributed by atoms with van der Waals surface area (Å²) in [5, 5.41) is 19.0. The van der Waals surface area contributed by atoms with E-state index in [1.54, 1.807) is 0 Å². The van der Waals surface area contributed by atoms with Gasteiger partial charge in [0, 0.05) is 12.8 Å². The van der Waals surface area contributed by atoms with Crippen molar-refractivity contribution in [1.29, 1.82) is 0 Å². The Morgan fingerprint density at radius 3 is 1.71 bits per heavy atom. The molecule has 0 aromatic rings. The van der Waals surface area contributed by atoms with Gasteiger partial charge in [-0.3, -0.25) is 19.2 Å². The van der Waals surface area contributed by atoms with Crippen molar-refractivity contribution in [2.45, 2.75) is 50.7 Å². The maximum atomic E-state index is 12.4. The zero-order valence-corrected chi connectivity index (χ0v) is 15.3. The maximum absolute atomic E-state index is 12.4. The summed E-state index contributed by atoms with van der Waals surface area (Å²) in [4.78, 5) is 58.3. The van der Waals surface area contributed by atoms with Crippen LogP contribution >= 0.6 is 0 Å². The molecule has 0 saturated heterocycles. The maximum Gasteiger partial charge on any atom is 0.326 e. The molecular formula is C15H23N7O6-2. The molecule has 0 spiro atoms. The molecule has 3 atom stereocenters. The molecule has 0 bridgehead atoms. The average molecular weight is 397 g/mol. The van der Waals surface area contributed by atoms with Crippen molar-refractivity contribution in [3.8, 4) is 0 Å². The normalized spacial score (nSPS) is 13.5. The van der Waals surface area contributed by atoms with Crippen LogP contribution < -0.4 is 16.4 Å². The first-order valence-corrected chi connectivity index (χ1v) is 8.36. The zero-order chi connectivity index (χ0) is 21.7. The summed E-state index contributed by atoms with van der Waals surface area (Å²) >= 11 is 0. The molecule has 0 aromatic carbocycles. The fourth-order valence-corrected chi connectivity index (χ4v) is 2.03. The van der Waals surface area contributed by atoms with Gasteiger partial charge in [0.25, 0.3) is 0 Å². The number of carbonyl (C=O) groups is 5. The second kappa shape index (κ2) is 13.1. The van der Waals surface area contributed by atoms with E-state index in [1.807, 2.05) is 0 Å². The lowest BCUT2D eigenvalue weighted by atomic mass is 10.0. The highest BCUT2D eigenvalue weighted by Crippen LogP contribution is 2.05. The van der Waals surface area contributed by atoms with Crippen LogP contribution in [0.1, 0.15) is 32.6 Å². The fraction of sp³-hybridized carbons (Fsp3) is 0.667. The number of nitrogens with zero attached hydrogens (tertiary/aromatic N) is 4.